The number of hydrogen-bond donors (Lipinski definition) is 1. The highest BCUT2D eigenvalue weighted by Gasteiger charge is 2.12. The van der Waals surface area contributed by atoms with Gasteiger partial charge in [0.1, 0.15) is 5.75 Å². The molecule has 0 aliphatic rings. The van der Waals surface area contributed by atoms with E-state index in [2.05, 4.69) is 9.68 Å². The maximum absolute atomic E-state index is 12.3. The van der Waals surface area contributed by atoms with Crippen LogP contribution in [0.4, 0.5) is 10.5 Å². The number of aryl methyl sites for hydroxylation is 1. The third-order valence-electron chi connectivity index (χ3n) is 2.85. The fourth-order valence-corrected chi connectivity index (χ4v) is 3.02. The summed E-state index contributed by atoms with van der Waals surface area (Å²) in [7, 11) is 4.15. The van der Waals surface area contributed by atoms with Gasteiger partial charge in [0, 0.05) is 16.4 Å². The molecule has 5 nitrogen and oxygen atoms in total. The van der Waals surface area contributed by atoms with Gasteiger partial charge in [0.05, 0.1) is 12.0 Å². The first-order chi connectivity index (χ1) is 10.4. The largest absolute Gasteiger partial charge is 0.497 e. The SMILES string of the molecule is COc1ccc(NC(=O)N=S(=O)(Cl)c2ccc(C)cc2)cc1. The predicted octanol–water partition coefficient (Wildman–Crippen LogP) is 4.22. The lowest BCUT2D eigenvalue weighted by atomic mass is 10.2. The van der Waals surface area contributed by atoms with E-state index in [0.29, 0.717) is 16.3 Å². The maximum atomic E-state index is 12.3. The molecule has 0 aliphatic carbocycles. The van der Waals surface area contributed by atoms with Crippen molar-refractivity contribution in [2.24, 2.45) is 4.36 Å². The molecule has 1 N–H and O–H groups in total. The van der Waals surface area contributed by atoms with Crippen LogP contribution in [-0.2, 0) is 8.94 Å². The van der Waals surface area contributed by atoms with E-state index >= 15 is 0 Å². The minimum absolute atomic E-state index is 0.296. The summed E-state index contributed by atoms with van der Waals surface area (Å²) in [5.74, 6) is 0.663. The lowest BCUT2D eigenvalue weighted by Gasteiger charge is -2.05. The van der Waals surface area contributed by atoms with Gasteiger partial charge in [0.15, 0.2) is 8.94 Å². The number of amides is 2. The van der Waals surface area contributed by atoms with Crippen molar-refractivity contribution in [3.63, 3.8) is 0 Å². The summed E-state index contributed by atoms with van der Waals surface area (Å²) in [5.41, 5.74) is 1.50. The number of hydrogen-bond acceptors (Lipinski definition) is 3. The van der Waals surface area contributed by atoms with Gasteiger partial charge in [0.2, 0.25) is 0 Å². The number of carbonyl (C=O) groups excluding carboxylic acids is 1. The Labute approximate surface area is 133 Å². The molecule has 0 spiro atoms. The van der Waals surface area contributed by atoms with Gasteiger partial charge in [-0.15, -0.1) is 4.36 Å². The number of nitrogens with one attached hydrogen (secondary N) is 1. The zero-order chi connectivity index (χ0) is 16.2. The first-order valence-corrected chi connectivity index (χ1v) is 8.73. The van der Waals surface area contributed by atoms with Crippen LogP contribution in [0.1, 0.15) is 5.56 Å². The van der Waals surface area contributed by atoms with E-state index in [-0.39, 0.29) is 0 Å². The molecule has 22 heavy (non-hydrogen) atoms. The molecule has 2 aromatic carbocycles. The van der Waals surface area contributed by atoms with Crippen LogP contribution in [0.2, 0.25) is 0 Å². The quantitative estimate of drug-likeness (QED) is 0.852. The number of benzene rings is 2. The third-order valence-corrected chi connectivity index (χ3v) is 4.85. The Morgan fingerprint density at radius 2 is 1.73 bits per heavy atom. The monoisotopic (exact) mass is 338 g/mol. The number of rotatable bonds is 3. The number of halogens is 1. The zero-order valence-electron chi connectivity index (χ0n) is 12.1. The molecule has 7 heteroatoms. The van der Waals surface area contributed by atoms with Gasteiger partial charge >= 0.3 is 6.03 Å². The Bertz CT molecular complexity index is 779. The summed E-state index contributed by atoms with van der Waals surface area (Å²) in [6.07, 6.45) is 0. The molecule has 0 saturated carbocycles. The summed E-state index contributed by atoms with van der Waals surface area (Å²) in [4.78, 5) is 12.1. The number of urea groups is 1. The van der Waals surface area contributed by atoms with Crippen LogP contribution in [-0.4, -0.2) is 17.3 Å². The summed E-state index contributed by atoms with van der Waals surface area (Å²) in [6, 6.07) is 12.6. The molecular formula is C15H15ClN2O3S. The molecule has 1 atom stereocenters. The van der Waals surface area contributed by atoms with Gasteiger partial charge in [-0.25, -0.2) is 9.00 Å². The highest BCUT2D eigenvalue weighted by molar-refractivity contribution is 8.15. The Kier molecular flexibility index (Phi) is 5.05. The summed E-state index contributed by atoms with van der Waals surface area (Å²) >= 11 is 0. The van der Waals surface area contributed by atoms with Gasteiger partial charge in [0.25, 0.3) is 0 Å². The first-order valence-electron chi connectivity index (χ1n) is 6.39. The fourth-order valence-electron chi connectivity index (χ4n) is 1.69. The van der Waals surface area contributed by atoms with Crippen LogP contribution in [0.3, 0.4) is 0 Å². The van der Waals surface area contributed by atoms with Crippen molar-refractivity contribution < 1.29 is 13.7 Å². The van der Waals surface area contributed by atoms with Crippen molar-refractivity contribution in [3.05, 3.63) is 54.1 Å². The Morgan fingerprint density at radius 3 is 2.27 bits per heavy atom. The highest BCUT2D eigenvalue weighted by Crippen LogP contribution is 2.20. The second-order valence-corrected chi connectivity index (χ2v) is 7.35. The maximum Gasteiger partial charge on any atom is 0.354 e. The van der Waals surface area contributed by atoms with Crippen molar-refractivity contribution in [2.75, 3.05) is 12.4 Å². The number of nitrogens with zero attached hydrogens (tertiary/aromatic N) is 1. The molecule has 116 valence electrons. The van der Waals surface area contributed by atoms with Crippen molar-refractivity contribution in [3.8, 4) is 5.75 Å². The summed E-state index contributed by atoms with van der Waals surface area (Å²) in [5, 5.41) is 2.51. The topological polar surface area (TPSA) is 67.8 Å². The number of methoxy groups -OCH3 is 1. The van der Waals surface area contributed by atoms with Crippen molar-refractivity contribution in [1.29, 1.82) is 0 Å². The molecule has 0 radical (unpaired) electrons. The van der Waals surface area contributed by atoms with Crippen LogP contribution in [0.15, 0.2) is 57.8 Å². The lowest BCUT2D eigenvalue weighted by molar-refractivity contribution is 0.260. The van der Waals surface area contributed by atoms with E-state index in [1.807, 2.05) is 6.92 Å². The normalized spacial score (nSPS) is 13.0. The Balaban J connectivity index is 2.17. The summed E-state index contributed by atoms with van der Waals surface area (Å²) in [6.45, 7) is 1.90. The average molecular weight is 339 g/mol. The van der Waals surface area contributed by atoms with Crippen LogP contribution in [0.25, 0.3) is 0 Å². The second kappa shape index (κ2) is 6.81. The van der Waals surface area contributed by atoms with Crippen LogP contribution < -0.4 is 10.1 Å². The molecular weight excluding hydrogens is 324 g/mol. The van der Waals surface area contributed by atoms with E-state index < -0.39 is 15.0 Å². The van der Waals surface area contributed by atoms with Gasteiger partial charge in [-0.2, -0.15) is 0 Å². The minimum atomic E-state index is -3.30. The Hall–Kier alpha value is -2.05. The molecule has 2 amide bonds. The van der Waals surface area contributed by atoms with E-state index in [4.69, 9.17) is 15.4 Å². The van der Waals surface area contributed by atoms with Crippen LogP contribution in [0, 0.1) is 6.92 Å². The molecule has 2 aromatic rings. The molecule has 0 fully saturated rings. The van der Waals surface area contributed by atoms with Crippen molar-refractivity contribution >= 4 is 31.3 Å². The number of ether oxygens (including phenoxy) is 1. The molecule has 2 rings (SSSR count). The highest BCUT2D eigenvalue weighted by atomic mass is 35.7. The van der Waals surface area contributed by atoms with Gasteiger partial charge in [-0.05, 0) is 43.3 Å². The van der Waals surface area contributed by atoms with E-state index in [1.54, 1.807) is 55.6 Å². The van der Waals surface area contributed by atoms with E-state index in [9.17, 15) is 9.00 Å². The van der Waals surface area contributed by atoms with E-state index in [1.165, 1.54) is 0 Å². The molecule has 0 heterocycles. The third kappa shape index (κ3) is 4.22. The minimum Gasteiger partial charge on any atom is -0.497 e. The second-order valence-electron chi connectivity index (χ2n) is 4.52. The van der Waals surface area contributed by atoms with E-state index in [0.717, 1.165) is 5.56 Å². The summed E-state index contributed by atoms with van der Waals surface area (Å²) < 4.78 is 20.9. The molecule has 0 bridgehead atoms. The van der Waals surface area contributed by atoms with Gasteiger partial charge in [-0.1, -0.05) is 17.7 Å². The zero-order valence-corrected chi connectivity index (χ0v) is 13.6. The van der Waals surface area contributed by atoms with Crippen molar-refractivity contribution in [2.45, 2.75) is 11.8 Å². The predicted molar refractivity (Wildman–Crippen MR) is 87.9 cm³/mol. The smallest absolute Gasteiger partial charge is 0.354 e. The first kappa shape index (κ1) is 16.3. The number of carbonyl (C=O) groups is 1. The van der Waals surface area contributed by atoms with Gasteiger partial charge in [-0.3, -0.25) is 0 Å². The fraction of sp³-hybridized carbons (Fsp3) is 0.133. The average Bonchev–Trinajstić information content (AvgIpc) is 2.48. The van der Waals surface area contributed by atoms with Gasteiger partial charge < -0.3 is 10.1 Å². The van der Waals surface area contributed by atoms with Crippen LogP contribution in [0.5, 0.6) is 5.75 Å². The number of anilines is 1. The standard InChI is InChI=1S/C15H15ClN2O3S/c1-11-3-9-14(10-4-11)22(16,20)18-15(19)17-12-5-7-13(21-2)8-6-12/h3-10H,1-2H3,(H,17,19). The molecule has 0 aliphatic heterocycles. The molecule has 1 unspecified atom stereocenters. The van der Waals surface area contributed by atoms with Crippen molar-refractivity contribution in [1.82, 2.24) is 0 Å². The Morgan fingerprint density at radius 1 is 1.14 bits per heavy atom. The molecule has 0 aromatic heterocycles. The van der Waals surface area contributed by atoms with Crippen LogP contribution >= 0.6 is 10.7 Å². The lowest BCUT2D eigenvalue weighted by Crippen LogP contribution is -2.08. The molecule has 0 saturated heterocycles.